The maximum absolute atomic E-state index is 12.7. The number of nitrogens with zero attached hydrogens (tertiary/aromatic N) is 3. The molecule has 5 nitrogen and oxygen atoms in total. The first-order valence-corrected chi connectivity index (χ1v) is 9.06. The molecule has 1 aromatic heterocycles. The molecule has 0 bridgehead atoms. The van der Waals surface area contributed by atoms with Gasteiger partial charge in [-0.05, 0) is 36.1 Å². The Morgan fingerprint density at radius 3 is 2.59 bits per heavy atom. The zero-order valence-corrected chi connectivity index (χ0v) is 15.9. The average molecular weight is 360 g/mol. The first kappa shape index (κ1) is 18.6. The van der Waals surface area contributed by atoms with E-state index in [-0.39, 0.29) is 5.91 Å². The number of rotatable bonds is 6. The van der Waals surface area contributed by atoms with Crippen molar-refractivity contribution >= 4 is 17.5 Å². The van der Waals surface area contributed by atoms with Crippen LogP contribution in [0.25, 0.3) is 0 Å². The Labute approximate surface area is 160 Å². The smallest absolute Gasteiger partial charge is 0.274 e. The molecule has 0 saturated heterocycles. The van der Waals surface area contributed by atoms with E-state index < -0.39 is 0 Å². The van der Waals surface area contributed by atoms with E-state index in [0.29, 0.717) is 18.2 Å². The molecule has 1 amide bonds. The molecule has 2 aromatic carbocycles. The third-order valence-corrected chi connectivity index (χ3v) is 4.46. The zero-order valence-electron chi connectivity index (χ0n) is 15.9. The molecule has 0 atom stereocenters. The van der Waals surface area contributed by atoms with E-state index in [1.807, 2.05) is 55.3 Å². The van der Waals surface area contributed by atoms with E-state index in [9.17, 15) is 4.79 Å². The number of amides is 1. The lowest BCUT2D eigenvalue weighted by molar-refractivity contribution is 0.102. The quantitative estimate of drug-likeness (QED) is 0.714. The molecule has 0 radical (unpaired) electrons. The number of benzene rings is 2. The fourth-order valence-electron chi connectivity index (χ4n) is 2.97. The van der Waals surface area contributed by atoms with E-state index in [4.69, 9.17) is 0 Å². The molecule has 0 aliphatic carbocycles. The van der Waals surface area contributed by atoms with Gasteiger partial charge in [-0.25, -0.2) is 9.97 Å². The van der Waals surface area contributed by atoms with Crippen LogP contribution in [0, 0.1) is 6.92 Å². The van der Waals surface area contributed by atoms with Gasteiger partial charge in [-0.15, -0.1) is 0 Å². The maximum atomic E-state index is 12.7. The van der Waals surface area contributed by atoms with Crippen LogP contribution in [0.5, 0.6) is 0 Å². The van der Waals surface area contributed by atoms with E-state index in [0.717, 1.165) is 28.8 Å². The third-order valence-electron chi connectivity index (χ3n) is 4.46. The summed E-state index contributed by atoms with van der Waals surface area (Å²) in [5.74, 6) is 0.294. The van der Waals surface area contributed by atoms with Crippen molar-refractivity contribution in [3.63, 3.8) is 0 Å². The second-order valence-corrected chi connectivity index (χ2v) is 6.50. The van der Waals surface area contributed by atoms with Gasteiger partial charge in [-0.3, -0.25) is 4.79 Å². The second kappa shape index (κ2) is 8.45. The number of aryl methyl sites for hydroxylation is 2. The van der Waals surface area contributed by atoms with Crippen LogP contribution in [0.1, 0.15) is 34.1 Å². The first-order chi connectivity index (χ1) is 13.1. The van der Waals surface area contributed by atoms with Crippen molar-refractivity contribution in [2.75, 3.05) is 17.3 Å². The topological polar surface area (TPSA) is 58.1 Å². The van der Waals surface area contributed by atoms with Crippen molar-refractivity contribution in [1.82, 2.24) is 9.97 Å². The molecule has 0 unspecified atom stereocenters. The fourth-order valence-corrected chi connectivity index (χ4v) is 2.97. The Balaban J connectivity index is 1.78. The van der Waals surface area contributed by atoms with Crippen LogP contribution in [0.15, 0.2) is 60.8 Å². The Hall–Kier alpha value is -3.21. The molecule has 0 saturated carbocycles. The molecule has 0 aliphatic heterocycles. The number of hydrogen-bond acceptors (Lipinski definition) is 4. The predicted molar refractivity (Wildman–Crippen MR) is 109 cm³/mol. The van der Waals surface area contributed by atoms with Gasteiger partial charge in [0.25, 0.3) is 5.91 Å². The maximum Gasteiger partial charge on any atom is 0.274 e. The molecule has 1 N–H and O–H groups in total. The minimum Gasteiger partial charge on any atom is -0.340 e. The van der Waals surface area contributed by atoms with E-state index in [1.165, 1.54) is 0 Å². The number of aromatic nitrogens is 2. The van der Waals surface area contributed by atoms with Gasteiger partial charge in [-0.2, -0.15) is 0 Å². The highest BCUT2D eigenvalue weighted by Gasteiger charge is 2.14. The Morgan fingerprint density at radius 2 is 1.85 bits per heavy atom. The number of para-hydroxylation sites is 1. The van der Waals surface area contributed by atoms with Gasteiger partial charge in [-0.1, -0.05) is 55.5 Å². The van der Waals surface area contributed by atoms with Crippen molar-refractivity contribution in [3.8, 4) is 0 Å². The summed E-state index contributed by atoms with van der Waals surface area (Å²) >= 11 is 0. The Morgan fingerprint density at radius 1 is 1.07 bits per heavy atom. The molecule has 3 rings (SSSR count). The molecular formula is C22H24N4O. The van der Waals surface area contributed by atoms with Gasteiger partial charge in [0.05, 0.1) is 0 Å². The van der Waals surface area contributed by atoms with E-state index in [2.05, 4.69) is 34.3 Å². The Kier molecular flexibility index (Phi) is 5.81. The minimum atomic E-state index is -0.226. The van der Waals surface area contributed by atoms with Gasteiger partial charge in [0.2, 0.25) is 5.95 Å². The normalized spacial score (nSPS) is 10.5. The van der Waals surface area contributed by atoms with Crippen molar-refractivity contribution in [2.24, 2.45) is 0 Å². The predicted octanol–water partition coefficient (Wildman–Crippen LogP) is 4.24. The Bertz CT molecular complexity index is 925. The standard InChI is InChI=1S/C22H24N4O/c1-4-18-12-8-9-16(2)20(18)25-21(27)19-13-14-23-22(24-19)26(3)15-17-10-6-5-7-11-17/h5-14H,4,15H2,1-3H3,(H,25,27). The molecule has 27 heavy (non-hydrogen) atoms. The fraction of sp³-hybridized carbons (Fsp3) is 0.227. The van der Waals surface area contributed by atoms with Crippen LogP contribution in [0.4, 0.5) is 11.6 Å². The first-order valence-electron chi connectivity index (χ1n) is 9.06. The number of hydrogen-bond donors (Lipinski definition) is 1. The lowest BCUT2D eigenvalue weighted by Gasteiger charge is -2.18. The number of anilines is 2. The van der Waals surface area contributed by atoms with Crippen LogP contribution >= 0.6 is 0 Å². The van der Waals surface area contributed by atoms with E-state index in [1.54, 1.807) is 12.3 Å². The average Bonchev–Trinajstić information content (AvgIpc) is 2.70. The van der Waals surface area contributed by atoms with Gasteiger partial charge >= 0.3 is 0 Å². The van der Waals surface area contributed by atoms with Gasteiger partial charge in [0.1, 0.15) is 5.69 Å². The summed E-state index contributed by atoms with van der Waals surface area (Å²) < 4.78 is 0. The molecular weight excluding hydrogens is 336 g/mol. The van der Waals surface area contributed by atoms with Crippen LogP contribution in [-0.4, -0.2) is 22.9 Å². The molecule has 3 aromatic rings. The minimum absolute atomic E-state index is 0.226. The van der Waals surface area contributed by atoms with Crippen LogP contribution in [0.3, 0.4) is 0 Å². The summed E-state index contributed by atoms with van der Waals surface area (Å²) in [5.41, 5.74) is 4.52. The summed E-state index contributed by atoms with van der Waals surface area (Å²) in [7, 11) is 1.92. The van der Waals surface area contributed by atoms with Gasteiger partial charge in [0, 0.05) is 25.5 Å². The van der Waals surface area contributed by atoms with Crippen molar-refractivity contribution in [2.45, 2.75) is 26.8 Å². The van der Waals surface area contributed by atoms with Crippen LogP contribution in [-0.2, 0) is 13.0 Å². The molecule has 0 fully saturated rings. The van der Waals surface area contributed by atoms with Crippen molar-refractivity contribution < 1.29 is 4.79 Å². The van der Waals surface area contributed by atoms with Crippen LogP contribution < -0.4 is 10.2 Å². The highest BCUT2D eigenvalue weighted by molar-refractivity contribution is 6.03. The highest BCUT2D eigenvalue weighted by atomic mass is 16.1. The number of nitrogens with one attached hydrogen (secondary N) is 1. The molecule has 5 heteroatoms. The van der Waals surface area contributed by atoms with Crippen LogP contribution in [0.2, 0.25) is 0 Å². The highest BCUT2D eigenvalue weighted by Crippen LogP contribution is 2.22. The SMILES string of the molecule is CCc1cccc(C)c1NC(=O)c1ccnc(N(C)Cc2ccccc2)n1. The molecule has 1 heterocycles. The molecule has 0 aliphatic rings. The summed E-state index contributed by atoms with van der Waals surface area (Å²) in [6.07, 6.45) is 2.48. The van der Waals surface area contributed by atoms with Crippen molar-refractivity contribution in [3.05, 3.63) is 83.2 Å². The summed E-state index contributed by atoms with van der Waals surface area (Å²) in [5, 5.41) is 3.01. The molecule has 0 spiro atoms. The van der Waals surface area contributed by atoms with Crippen molar-refractivity contribution in [1.29, 1.82) is 0 Å². The third kappa shape index (κ3) is 4.50. The summed E-state index contributed by atoms with van der Waals surface area (Å²) in [4.78, 5) is 23.4. The summed E-state index contributed by atoms with van der Waals surface area (Å²) in [6, 6.07) is 17.8. The summed E-state index contributed by atoms with van der Waals surface area (Å²) in [6.45, 7) is 4.74. The largest absolute Gasteiger partial charge is 0.340 e. The van der Waals surface area contributed by atoms with E-state index >= 15 is 0 Å². The zero-order chi connectivity index (χ0) is 19.2. The monoisotopic (exact) mass is 360 g/mol. The lowest BCUT2D eigenvalue weighted by Crippen LogP contribution is -2.22. The lowest BCUT2D eigenvalue weighted by atomic mass is 10.1. The van der Waals surface area contributed by atoms with Gasteiger partial charge < -0.3 is 10.2 Å². The molecule has 138 valence electrons. The second-order valence-electron chi connectivity index (χ2n) is 6.50. The number of carbonyl (C=O) groups excluding carboxylic acids is 1. The van der Waals surface area contributed by atoms with Gasteiger partial charge in [0.15, 0.2) is 0 Å². The number of carbonyl (C=O) groups is 1.